The van der Waals surface area contributed by atoms with Crippen molar-refractivity contribution in [2.24, 2.45) is 34.5 Å². The number of hydrogen-bond donors (Lipinski definition) is 0. The fraction of sp³-hybridized carbons (Fsp3) is 0.522. The third-order valence-electron chi connectivity index (χ3n) is 18.7. The van der Waals surface area contributed by atoms with E-state index in [1.807, 2.05) is 0 Å². The molecule has 0 aliphatic heterocycles. The molecule has 4 aromatic heterocycles. The summed E-state index contributed by atoms with van der Waals surface area (Å²) in [5, 5.41) is 6.58. The Morgan fingerprint density at radius 3 is 1.55 bits per heavy atom. The fourth-order valence-corrected chi connectivity index (χ4v) is 17.3. The molecule has 4 heterocycles. The maximum Gasteiger partial charge on any atom is 0.0728 e. The molecule has 6 aromatic rings. The number of nitrogens with zero attached hydrogens (tertiary/aromatic N) is 3. The Kier molecular flexibility index (Phi) is 3.67. The highest BCUT2D eigenvalue weighted by atomic mass is 15.0. The van der Waals surface area contributed by atoms with Crippen LogP contribution >= 0.6 is 0 Å². The van der Waals surface area contributed by atoms with Crippen LogP contribution in [0.4, 0.5) is 0 Å². The molecule has 0 radical (unpaired) electrons. The van der Waals surface area contributed by atoms with Crippen molar-refractivity contribution in [1.29, 1.82) is 0 Å². The molecule has 16 rings (SSSR count). The van der Waals surface area contributed by atoms with Crippen molar-refractivity contribution < 1.29 is 0 Å². The standard InChI is InChI=1S/C46H41N3/c1-2-20-4-6-30-37-31(7-5-21(3-1)34(20)37)39-41-33(19-48-43-25-11-29-13-27-9-23(36(41)43)15-46(27,29)17-25)49-32-18-47-42-24-10-28-12-26-8-22(14-45(26,28)16-24)35(42)40(32)38(30)44(39)49/h1-3,18-19,22-29H,4-17H2. The fourth-order valence-electron chi connectivity index (χ4n) is 17.3. The van der Waals surface area contributed by atoms with Crippen molar-refractivity contribution in [2.75, 3.05) is 0 Å². The molecule has 0 saturated heterocycles. The second-order valence-corrected chi connectivity index (χ2v) is 19.6. The molecule has 2 spiro atoms. The van der Waals surface area contributed by atoms with Gasteiger partial charge < -0.3 is 4.40 Å². The topological polar surface area (TPSA) is 30.2 Å². The molecule has 240 valence electrons. The monoisotopic (exact) mass is 635 g/mol. The Morgan fingerprint density at radius 2 is 1.02 bits per heavy atom. The van der Waals surface area contributed by atoms with Gasteiger partial charge in [-0.2, -0.15) is 0 Å². The van der Waals surface area contributed by atoms with Crippen LogP contribution in [0.25, 0.3) is 49.2 Å². The predicted molar refractivity (Wildman–Crippen MR) is 193 cm³/mol. The van der Waals surface area contributed by atoms with Gasteiger partial charge in [-0.05, 0) is 181 Å². The highest BCUT2D eigenvalue weighted by Crippen LogP contribution is 2.78. The van der Waals surface area contributed by atoms with Crippen molar-refractivity contribution in [3.05, 3.63) is 75.4 Å². The van der Waals surface area contributed by atoms with Crippen LogP contribution in [0.5, 0.6) is 0 Å². The summed E-state index contributed by atoms with van der Waals surface area (Å²) in [6.07, 6.45) is 23.9. The highest BCUT2D eigenvalue weighted by Gasteiger charge is 2.67. The van der Waals surface area contributed by atoms with E-state index in [0.717, 1.165) is 23.7 Å². The number of pyridine rings is 2. The molecule has 6 saturated carbocycles. The summed E-state index contributed by atoms with van der Waals surface area (Å²) in [6, 6.07) is 7.28. The third-order valence-corrected chi connectivity index (χ3v) is 18.7. The minimum atomic E-state index is 0.650. The minimum absolute atomic E-state index is 0.650. The molecule has 6 bridgehead atoms. The minimum Gasteiger partial charge on any atom is -0.305 e. The van der Waals surface area contributed by atoms with E-state index in [-0.39, 0.29) is 0 Å². The number of hydrogen-bond acceptors (Lipinski definition) is 2. The molecule has 10 aliphatic carbocycles. The van der Waals surface area contributed by atoms with Gasteiger partial charge in [-0.1, -0.05) is 18.2 Å². The summed E-state index contributed by atoms with van der Waals surface area (Å²) in [4.78, 5) is 11.2. The van der Waals surface area contributed by atoms with Crippen molar-refractivity contribution in [3.63, 3.8) is 0 Å². The molecule has 3 nitrogen and oxygen atoms in total. The molecule has 10 aliphatic rings. The quantitative estimate of drug-likeness (QED) is 0.166. The number of aryl methyl sites for hydroxylation is 4. The van der Waals surface area contributed by atoms with Gasteiger partial charge in [-0.25, -0.2) is 0 Å². The second-order valence-electron chi connectivity index (χ2n) is 19.6. The van der Waals surface area contributed by atoms with E-state index in [1.54, 1.807) is 71.6 Å². The largest absolute Gasteiger partial charge is 0.305 e. The summed E-state index contributed by atoms with van der Waals surface area (Å²) in [7, 11) is 0. The Hall–Kier alpha value is -3.46. The van der Waals surface area contributed by atoms with E-state index < -0.39 is 0 Å². The van der Waals surface area contributed by atoms with Crippen LogP contribution < -0.4 is 0 Å². The molecule has 10 atom stereocenters. The summed E-state index contributed by atoms with van der Waals surface area (Å²) in [5.41, 5.74) is 22.1. The highest BCUT2D eigenvalue weighted by molar-refractivity contribution is 6.28. The van der Waals surface area contributed by atoms with E-state index in [2.05, 4.69) is 35.0 Å². The van der Waals surface area contributed by atoms with Crippen LogP contribution in [-0.2, 0) is 25.7 Å². The zero-order valence-corrected chi connectivity index (χ0v) is 28.2. The molecule has 49 heavy (non-hydrogen) atoms. The maximum atomic E-state index is 5.60. The van der Waals surface area contributed by atoms with Gasteiger partial charge in [-0.3, -0.25) is 9.97 Å². The molecular formula is C46H41N3. The van der Waals surface area contributed by atoms with Gasteiger partial charge >= 0.3 is 0 Å². The maximum absolute atomic E-state index is 5.60. The van der Waals surface area contributed by atoms with E-state index in [0.29, 0.717) is 34.5 Å². The van der Waals surface area contributed by atoms with E-state index in [9.17, 15) is 0 Å². The zero-order chi connectivity index (χ0) is 30.9. The normalized spacial score (nSPS) is 40.1. The van der Waals surface area contributed by atoms with Crippen molar-refractivity contribution in [1.82, 2.24) is 14.4 Å². The summed E-state index contributed by atoms with van der Waals surface area (Å²) >= 11 is 0. The predicted octanol–water partition coefficient (Wildman–Crippen LogP) is 10.3. The third kappa shape index (κ3) is 2.32. The Morgan fingerprint density at radius 1 is 0.531 bits per heavy atom. The van der Waals surface area contributed by atoms with Gasteiger partial charge in [0.15, 0.2) is 0 Å². The molecule has 6 fully saturated rings. The lowest BCUT2D eigenvalue weighted by atomic mass is 9.56. The van der Waals surface area contributed by atoms with Crippen LogP contribution in [0.2, 0.25) is 0 Å². The zero-order valence-electron chi connectivity index (χ0n) is 28.2. The van der Waals surface area contributed by atoms with Crippen LogP contribution in [0, 0.1) is 34.5 Å². The van der Waals surface area contributed by atoms with Gasteiger partial charge in [0.2, 0.25) is 0 Å². The van der Waals surface area contributed by atoms with Gasteiger partial charge in [0.25, 0.3) is 0 Å². The second kappa shape index (κ2) is 7.30. The van der Waals surface area contributed by atoms with Crippen LogP contribution in [0.3, 0.4) is 0 Å². The number of fused-ring (bicyclic) bond motifs is 20. The number of aromatic nitrogens is 3. The average molecular weight is 636 g/mol. The molecule has 10 unspecified atom stereocenters. The van der Waals surface area contributed by atoms with Crippen molar-refractivity contribution in [2.45, 2.75) is 114 Å². The lowest BCUT2D eigenvalue weighted by molar-refractivity contribution is 0.00321. The molecule has 2 aromatic carbocycles. The molecule has 0 N–H and O–H groups in total. The first kappa shape index (κ1) is 24.6. The SMILES string of the molecule is c1cc2c3c(c1)CCc1c-3c(c3c4c5c(ncc4n4c6cnc7c(c6c1c34)C1CC3CC4CC7CC43C1)C1CC3CC4CC5CC34C1)CC2. The van der Waals surface area contributed by atoms with Gasteiger partial charge in [0.05, 0.1) is 28.9 Å². The van der Waals surface area contributed by atoms with Crippen LogP contribution in [0.1, 0.15) is 133 Å². The first-order valence-electron chi connectivity index (χ1n) is 20.4. The van der Waals surface area contributed by atoms with E-state index >= 15 is 0 Å². The van der Waals surface area contributed by atoms with Crippen LogP contribution in [-0.4, -0.2) is 14.4 Å². The Bertz CT molecular complexity index is 2490. The van der Waals surface area contributed by atoms with Crippen molar-refractivity contribution in [3.8, 4) is 11.1 Å². The van der Waals surface area contributed by atoms with Crippen LogP contribution in [0.15, 0.2) is 30.6 Å². The number of rotatable bonds is 0. The lowest BCUT2D eigenvalue weighted by Gasteiger charge is -2.48. The van der Waals surface area contributed by atoms with Gasteiger partial charge in [-0.15, -0.1) is 0 Å². The average Bonchev–Trinajstić information content (AvgIpc) is 3.90. The first-order chi connectivity index (χ1) is 24.2. The van der Waals surface area contributed by atoms with Gasteiger partial charge in [0.1, 0.15) is 0 Å². The lowest BCUT2D eigenvalue weighted by Crippen LogP contribution is -2.41. The Balaban J connectivity index is 1.12. The van der Waals surface area contributed by atoms with E-state index in [4.69, 9.17) is 9.97 Å². The smallest absolute Gasteiger partial charge is 0.0728 e. The molecule has 0 amide bonds. The van der Waals surface area contributed by atoms with E-state index in [1.165, 1.54) is 112 Å². The summed E-state index contributed by atoms with van der Waals surface area (Å²) in [5.74, 6) is 6.68. The molecule has 3 heteroatoms. The number of benzene rings is 2. The summed E-state index contributed by atoms with van der Waals surface area (Å²) < 4.78 is 2.77. The summed E-state index contributed by atoms with van der Waals surface area (Å²) in [6.45, 7) is 0. The first-order valence-corrected chi connectivity index (χ1v) is 20.4. The Labute approximate surface area is 286 Å². The van der Waals surface area contributed by atoms with Gasteiger partial charge in [0, 0.05) is 44.8 Å². The van der Waals surface area contributed by atoms with Crippen molar-refractivity contribution >= 4 is 38.1 Å². The molecular weight excluding hydrogens is 595 g/mol.